The summed E-state index contributed by atoms with van der Waals surface area (Å²) < 4.78 is 5.01. The summed E-state index contributed by atoms with van der Waals surface area (Å²) in [5.41, 5.74) is 1.10. The van der Waals surface area contributed by atoms with Crippen molar-refractivity contribution in [1.29, 1.82) is 0 Å². The van der Waals surface area contributed by atoms with Crippen molar-refractivity contribution in [3.8, 4) is 0 Å². The average molecular weight is 268 g/mol. The maximum absolute atomic E-state index is 11.2. The second-order valence-corrected chi connectivity index (χ2v) is 4.25. The van der Waals surface area contributed by atoms with Gasteiger partial charge in [0.25, 0.3) is 5.69 Å². The normalized spacial score (nSPS) is 12.2. The molecule has 6 nitrogen and oxygen atoms in total. The second-order valence-electron chi connectivity index (χ2n) is 4.25. The smallest absolute Gasteiger partial charge is 0.292 e. The number of hydrogen-bond acceptors (Lipinski definition) is 5. The van der Waals surface area contributed by atoms with E-state index in [0.717, 1.165) is 0 Å². The number of rotatable bonds is 7. The van der Waals surface area contributed by atoms with Crippen LogP contribution in [0.15, 0.2) is 18.2 Å². The zero-order valence-electron chi connectivity index (χ0n) is 11.5. The van der Waals surface area contributed by atoms with E-state index in [1.54, 1.807) is 26.2 Å². The third kappa shape index (κ3) is 3.90. The third-order valence-corrected chi connectivity index (χ3v) is 2.97. The van der Waals surface area contributed by atoms with Gasteiger partial charge in [0.2, 0.25) is 0 Å². The lowest BCUT2D eigenvalue weighted by atomic mass is 10.1. The van der Waals surface area contributed by atoms with Crippen molar-refractivity contribution < 1.29 is 14.8 Å². The van der Waals surface area contributed by atoms with Gasteiger partial charge >= 0.3 is 0 Å². The Hall–Kier alpha value is -1.66. The molecule has 1 rings (SSSR count). The number of aliphatic hydroxyl groups excluding tert-OH is 1. The summed E-state index contributed by atoms with van der Waals surface area (Å²) in [6, 6.07) is 4.82. The number of anilines is 1. The van der Waals surface area contributed by atoms with Crippen LogP contribution in [0.1, 0.15) is 25.5 Å². The van der Waals surface area contributed by atoms with Crippen molar-refractivity contribution in [3.05, 3.63) is 33.9 Å². The van der Waals surface area contributed by atoms with Gasteiger partial charge in [-0.1, -0.05) is 6.07 Å². The van der Waals surface area contributed by atoms with E-state index < -0.39 is 11.0 Å². The molecule has 0 amide bonds. The number of likely N-dealkylation sites (N-methyl/N-ethyl adjacent to an activating group) is 1. The molecule has 0 radical (unpaired) electrons. The molecular formula is C13H20N2O4. The first kappa shape index (κ1) is 15.4. The first-order valence-electron chi connectivity index (χ1n) is 6.21. The molecule has 0 aliphatic rings. The summed E-state index contributed by atoms with van der Waals surface area (Å²) >= 11 is 0. The van der Waals surface area contributed by atoms with Crippen molar-refractivity contribution in [2.45, 2.75) is 20.0 Å². The molecule has 0 bridgehead atoms. The Bertz CT molecular complexity index is 435. The van der Waals surface area contributed by atoms with Gasteiger partial charge in [-0.3, -0.25) is 10.1 Å². The molecule has 1 atom stereocenters. The van der Waals surface area contributed by atoms with Gasteiger partial charge in [-0.15, -0.1) is 0 Å². The standard InChI is InChI=1S/C13H20N2O4/c1-4-14(7-8-19-3)12-6-5-11(10(2)16)9-13(12)15(17)18/h5-6,9-10,16H,4,7-8H2,1-3H3/t10-/m0/s1. The van der Waals surface area contributed by atoms with Crippen LogP contribution in [-0.2, 0) is 4.74 Å². The number of hydrogen-bond donors (Lipinski definition) is 1. The molecule has 1 aromatic rings. The predicted octanol–water partition coefficient (Wildman–Crippen LogP) is 2.12. The van der Waals surface area contributed by atoms with Crippen molar-refractivity contribution in [2.75, 3.05) is 31.7 Å². The Morgan fingerprint density at radius 1 is 1.53 bits per heavy atom. The Morgan fingerprint density at radius 2 is 2.21 bits per heavy atom. The maximum atomic E-state index is 11.2. The molecule has 0 fully saturated rings. The molecule has 106 valence electrons. The Morgan fingerprint density at radius 3 is 2.68 bits per heavy atom. The molecule has 0 unspecified atom stereocenters. The SMILES string of the molecule is CCN(CCOC)c1ccc([C@H](C)O)cc1[N+](=O)[O-]. The van der Waals surface area contributed by atoms with Gasteiger partial charge in [0.15, 0.2) is 0 Å². The number of nitrogens with zero attached hydrogens (tertiary/aromatic N) is 2. The topological polar surface area (TPSA) is 75.8 Å². The van der Waals surface area contributed by atoms with Crippen LogP contribution in [-0.4, -0.2) is 36.8 Å². The molecular weight excluding hydrogens is 248 g/mol. The van der Waals surface area contributed by atoms with E-state index in [1.165, 1.54) is 6.07 Å². The molecule has 1 N–H and O–H groups in total. The van der Waals surface area contributed by atoms with E-state index in [-0.39, 0.29) is 5.69 Å². The second kappa shape index (κ2) is 7.06. The number of nitro benzene ring substituents is 1. The highest BCUT2D eigenvalue weighted by atomic mass is 16.6. The monoisotopic (exact) mass is 268 g/mol. The molecule has 19 heavy (non-hydrogen) atoms. The average Bonchev–Trinajstić information content (AvgIpc) is 2.39. The van der Waals surface area contributed by atoms with Crippen LogP contribution in [0.2, 0.25) is 0 Å². The first-order valence-corrected chi connectivity index (χ1v) is 6.21. The fourth-order valence-electron chi connectivity index (χ4n) is 1.86. The van der Waals surface area contributed by atoms with Crippen LogP contribution in [0.25, 0.3) is 0 Å². The van der Waals surface area contributed by atoms with E-state index in [9.17, 15) is 15.2 Å². The van der Waals surface area contributed by atoms with Crippen LogP contribution in [0.4, 0.5) is 11.4 Å². The van der Waals surface area contributed by atoms with Crippen molar-refractivity contribution >= 4 is 11.4 Å². The van der Waals surface area contributed by atoms with Crippen LogP contribution < -0.4 is 4.90 Å². The number of ether oxygens (including phenoxy) is 1. The van der Waals surface area contributed by atoms with Crippen LogP contribution in [0.3, 0.4) is 0 Å². The number of aliphatic hydroxyl groups is 1. The summed E-state index contributed by atoms with van der Waals surface area (Å²) in [6.07, 6.45) is -0.721. The van der Waals surface area contributed by atoms with Gasteiger partial charge in [0.1, 0.15) is 5.69 Å². The minimum Gasteiger partial charge on any atom is -0.389 e. The molecule has 6 heteroatoms. The summed E-state index contributed by atoms with van der Waals surface area (Å²) in [6.45, 7) is 5.26. The summed E-state index contributed by atoms with van der Waals surface area (Å²) in [7, 11) is 1.60. The zero-order chi connectivity index (χ0) is 14.4. The van der Waals surface area contributed by atoms with Crippen LogP contribution in [0, 0.1) is 10.1 Å². The number of benzene rings is 1. The highest BCUT2D eigenvalue weighted by Gasteiger charge is 2.20. The van der Waals surface area contributed by atoms with Crippen molar-refractivity contribution in [3.63, 3.8) is 0 Å². The lowest BCUT2D eigenvalue weighted by molar-refractivity contribution is -0.384. The molecule has 0 aliphatic heterocycles. The molecule has 0 spiro atoms. The van der Waals surface area contributed by atoms with Crippen molar-refractivity contribution in [2.24, 2.45) is 0 Å². The number of nitro groups is 1. The molecule has 0 aliphatic carbocycles. The molecule has 1 aromatic carbocycles. The van der Waals surface area contributed by atoms with Gasteiger partial charge in [-0.25, -0.2) is 0 Å². The van der Waals surface area contributed by atoms with Gasteiger partial charge in [-0.2, -0.15) is 0 Å². The Balaban J connectivity index is 3.14. The Labute approximate surface area is 112 Å². The van der Waals surface area contributed by atoms with E-state index in [2.05, 4.69) is 0 Å². The summed E-state index contributed by atoms with van der Waals surface area (Å²) in [4.78, 5) is 12.6. The summed E-state index contributed by atoms with van der Waals surface area (Å²) in [5, 5.41) is 20.7. The van der Waals surface area contributed by atoms with Gasteiger partial charge < -0.3 is 14.7 Å². The van der Waals surface area contributed by atoms with Crippen LogP contribution >= 0.6 is 0 Å². The molecule has 0 heterocycles. The highest BCUT2D eigenvalue weighted by Crippen LogP contribution is 2.31. The Kier molecular flexibility index (Phi) is 5.72. The summed E-state index contributed by atoms with van der Waals surface area (Å²) in [5.74, 6) is 0. The molecule has 0 saturated carbocycles. The van der Waals surface area contributed by atoms with Crippen LogP contribution in [0.5, 0.6) is 0 Å². The van der Waals surface area contributed by atoms with Gasteiger partial charge in [0.05, 0.1) is 17.6 Å². The molecule has 0 aromatic heterocycles. The highest BCUT2D eigenvalue weighted by molar-refractivity contribution is 5.64. The van der Waals surface area contributed by atoms with E-state index >= 15 is 0 Å². The van der Waals surface area contributed by atoms with Gasteiger partial charge in [0, 0.05) is 26.3 Å². The third-order valence-electron chi connectivity index (χ3n) is 2.97. The van der Waals surface area contributed by atoms with E-state index in [0.29, 0.717) is 30.9 Å². The zero-order valence-corrected chi connectivity index (χ0v) is 11.5. The fourth-order valence-corrected chi connectivity index (χ4v) is 1.86. The first-order chi connectivity index (χ1) is 9.01. The lowest BCUT2D eigenvalue weighted by Crippen LogP contribution is -2.27. The fraction of sp³-hybridized carbons (Fsp3) is 0.538. The lowest BCUT2D eigenvalue weighted by Gasteiger charge is -2.22. The van der Waals surface area contributed by atoms with E-state index in [4.69, 9.17) is 4.74 Å². The van der Waals surface area contributed by atoms with E-state index in [1.807, 2.05) is 11.8 Å². The number of methoxy groups -OCH3 is 1. The predicted molar refractivity (Wildman–Crippen MR) is 73.5 cm³/mol. The maximum Gasteiger partial charge on any atom is 0.292 e. The minimum absolute atomic E-state index is 0.0105. The molecule has 0 saturated heterocycles. The van der Waals surface area contributed by atoms with Gasteiger partial charge in [-0.05, 0) is 25.5 Å². The largest absolute Gasteiger partial charge is 0.389 e. The van der Waals surface area contributed by atoms with Crippen molar-refractivity contribution in [1.82, 2.24) is 0 Å². The quantitative estimate of drug-likeness (QED) is 0.605. The minimum atomic E-state index is -0.721.